The van der Waals surface area contributed by atoms with E-state index < -0.39 is 0 Å². The third-order valence-electron chi connectivity index (χ3n) is 2.99. The van der Waals surface area contributed by atoms with E-state index in [4.69, 9.17) is 0 Å². The van der Waals surface area contributed by atoms with Crippen molar-refractivity contribution in [3.05, 3.63) is 47.3 Å². The van der Waals surface area contributed by atoms with Crippen molar-refractivity contribution in [2.45, 2.75) is 20.3 Å². The van der Waals surface area contributed by atoms with Crippen LogP contribution in [0.4, 0.5) is 5.69 Å². The summed E-state index contributed by atoms with van der Waals surface area (Å²) in [5, 5.41) is 12.1. The molecule has 0 atom stereocenters. The first-order chi connectivity index (χ1) is 10.1. The molecule has 3 N–H and O–H groups in total. The van der Waals surface area contributed by atoms with Crippen LogP contribution in [0.25, 0.3) is 0 Å². The number of rotatable bonds is 5. The minimum Gasteiger partial charge on any atom is -0.352 e. The number of carbonyl (C=O) groups is 2. The molecule has 6 nitrogen and oxygen atoms in total. The van der Waals surface area contributed by atoms with Gasteiger partial charge in [-0.05, 0) is 31.5 Å². The van der Waals surface area contributed by atoms with Crippen LogP contribution in [-0.4, -0.2) is 28.6 Å². The number of aromatic nitrogens is 2. The molecule has 0 aliphatic carbocycles. The van der Waals surface area contributed by atoms with E-state index in [2.05, 4.69) is 20.8 Å². The first-order valence-electron chi connectivity index (χ1n) is 6.81. The van der Waals surface area contributed by atoms with Crippen molar-refractivity contribution in [1.29, 1.82) is 0 Å². The van der Waals surface area contributed by atoms with Crippen LogP contribution in [0.5, 0.6) is 0 Å². The van der Waals surface area contributed by atoms with Crippen LogP contribution in [0.3, 0.4) is 0 Å². The normalized spacial score (nSPS) is 10.2. The average Bonchev–Trinajstić information content (AvgIpc) is 2.91. The molecule has 0 aliphatic heterocycles. The van der Waals surface area contributed by atoms with Gasteiger partial charge in [0.2, 0.25) is 0 Å². The molecule has 0 spiro atoms. The van der Waals surface area contributed by atoms with E-state index in [-0.39, 0.29) is 11.8 Å². The zero-order valence-corrected chi connectivity index (χ0v) is 12.1. The minimum absolute atomic E-state index is 0.146. The van der Waals surface area contributed by atoms with Gasteiger partial charge < -0.3 is 10.6 Å². The van der Waals surface area contributed by atoms with Crippen LogP contribution in [0.2, 0.25) is 0 Å². The largest absolute Gasteiger partial charge is 0.352 e. The lowest BCUT2D eigenvalue weighted by molar-refractivity contribution is 0.0952. The maximum absolute atomic E-state index is 12.1. The Balaban J connectivity index is 2.09. The van der Waals surface area contributed by atoms with E-state index in [0.717, 1.165) is 6.42 Å². The van der Waals surface area contributed by atoms with Gasteiger partial charge in [0.15, 0.2) is 0 Å². The highest BCUT2D eigenvalue weighted by atomic mass is 16.2. The lowest BCUT2D eigenvalue weighted by atomic mass is 10.1. The number of H-pyrrole nitrogens is 1. The Labute approximate surface area is 122 Å². The second kappa shape index (κ2) is 6.69. The summed E-state index contributed by atoms with van der Waals surface area (Å²) in [7, 11) is 0. The molecular formula is C15H18N4O2. The average molecular weight is 286 g/mol. The maximum Gasteiger partial charge on any atom is 0.259 e. The lowest BCUT2D eigenvalue weighted by Gasteiger charge is -2.07. The topological polar surface area (TPSA) is 86.9 Å². The zero-order valence-electron chi connectivity index (χ0n) is 12.1. The van der Waals surface area contributed by atoms with Gasteiger partial charge in [0.05, 0.1) is 11.8 Å². The van der Waals surface area contributed by atoms with Gasteiger partial charge in [-0.15, -0.1) is 0 Å². The highest BCUT2D eigenvalue weighted by Gasteiger charge is 2.12. The number of amides is 2. The third-order valence-corrected chi connectivity index (χ3v) is 2.99. The zero-order chi connectivity index (χ0) is 15.2. The number of benzene rings is 1. The third kappa shape index (κ3) is 3.68. The fourth-order valence-corrected chi connectivity index (χ4v) is 1.86. The van der Waals surface area contributed by atoms with Crippen molar-refractivity contribution in [2.75, 3.05) is 11.9 Å². The predicted octanol–water partition coefficient (Wildman–Crippen LogP) is 2.11. The van der Waals surface area contributed by atoms with E-state index in [0.29, 0.717) is 29.1 Å². The van der Waals surface area contributed by atoms with Gasteiger partial charge in [-0.1, -0.05) is 13.0 Å². The van der Waals surface area contributed by atoms with Crippen LogP contribution in [0, 0.1) is 6.92 Å². The fraction of sp³-hybridized carbons (Fsp3) is 0.267. The highest BCUT2D eigenvalue weighted by Crippen LogP contribution is 2.13. The molecule has 2 amide bonds. The summed E-state index contributed by atoms with van der Waals surface area (Å²) in [6.45, 7) is 4.39. The van der Waals surface area contributed by atoms with Gasteiger partial charge in [0, 0.05) is 23.5 Å². The molecule has 1 heterocycles. The van der Waals surface area contributed by atoms with Crippen LogP contribution in [0.1, 0.15) is 39.8 Å². The van der Waals surface area contributed by atoms with E-state index in [1.54, 1.807) is 31.2 Å². The monoisotopic (exact) mass is 286 g/mol. The van der Waals surface area contributed by atoms with Crippen molar-refractivity contribution in [3.8, 4) is 0 Å². The van der Waals surface area contributed by atoms with E-state index >= 15 is 0 Å². The van der Waals surface area contributed by atoms with Crippen molar-refractivity contribution >= 4 is 17.5 Å². The minimum atomic E-state index is -0.257. The standard InChI is InChI=1S/C15H18N4O2/c1-3-7-16-14(20)11-5-4-6-12(8-11)18-15(21)13-9-17-19-10(13)2/h4-6,8-9H,3,7H2,1-2H3,(H,16,20)(H,17,19)(H,18,21). The molecule has 0 saturated carbocycles. The second-order valence-corrected chi connectivity index (χ2v) is 4.70. The molecule has 2 aromatic rings. The second-order valence-electron chi connectivity index (χ2n) is 4.70. The Hall–Kier alpha value is -2.63. The van der Waals surface area contributed by atoms with Gasteiger partial charge in [0.25, 0.3) is 11.8 Å². The Morgan fingerprint density at radius 3 is 2.76 bits per heavy atom. The smallest absolute Gasteiger partial charge is 0.259 e. The Kier molecular flexibility index (Phi) is 4.71. The summed E-state index contributed by atoms with van der Waals surface area (Å²) < 4.78 is 0. The Morgan fingerprint density at radius 1 is 1.29 bits per heavy atom. The summed E-state index contributed by atoms with van der Waals surface area (Å²) in [6.07, 6.45) is 2.35. The molecule has 0 bridgehead atoms. The van der Waals surface area contributed by atoms with Gasteiger partial charge in [-0.2, -0.15) is 5.10 Å². The molecule has 1 aromatic carbocycles. The summed E-state index contributed by atoms with van der Waals surface area (Å²) >= 11 is 0. The van der Waals surface area contributed by atoms with Crippen LogP contribution >= 0.6 is 0 Å². The van der Waals surface area contributed by atoms with Crippen molar-refractivity contribution in [3.63, 3.8) is 0 Å². The molecule has 1 aromatic heterocycles. The molecule has 2 rings (SSSR count). The molecule has 6 heteroatoms. The Morgan fingerprint density at radius 2 is 2.10 bits per heavy atom. The van der Waals surface area contributed by atoms with Gasteiger partial charge in [0.1, 0.15) is 0 Å². The van der Waals surface area contributed by atoms with Gasteiger partial charge in [-0.3, -0.25) is 14.7 Å². The van der Waals surface area contributed by atoms with Crippen molar-refractivity contribution < 1.29 is 9.59 Å². The first-order valence-corrected chi connectivity index (χ1v) is 6.81. The molecule has 0 radical (unpaired) electrons. The fourth-order valence-electron chi connectivity index (χ4n) is 1.86. The Bertz CT molecular complexity index is 649. The summed E-state index contributed by atoms with van der Waals surface area (Å²) in [5.74, 6) is -0.403. The summed E-state index contributed by atoms with van der Waals surface area (Å²) in [4.78, 5) is 24.0. The number of anilines is 1. The van der Waals surface area contributed by atoms with E-state index in [1.165, 1.54) is 6.20 Å². The SMILES string of the molecule is CCCNC(=O)c1cccc(NC(=O)c2cn[nH]c2C)c1. The highest BCUT2D eigenvalue weighted by molar-refractivity contribution is 6.05. The molecule has 0 saturated heterocycles. The molecular weight excluding hydrogens is 268 g/mol. The number of aryl methyl sites for hydroxylation is 1. The summed E-state index contributed by atoms with van der Waals surface area (Å²) in [5.41, 5.74) is 2.27. The van der Waals surface area contributed by atoms with Crippen LogP contribution in [-0.2, 0) is 0 Å². The van der Waals surface area contributed by atoms with Gasteiger partial charge >= 0.3 is 0 Å². The quantitative estimate of drug-likeness (QED) is 0.786. The van der Waals surface area contributed by atoms with Crippen molar-refractivity contribution in [2.24, 2.45) is 0 Å². The summed E-state index contributed by atoms with van der Waals surface area (Å²) in [6, 6.07) is 6.84. The van der Waals surface area contributed by atoms with Gasteiger partial charge in [-0.25, -0.2) is 0 Å². The number of hydrogen-bond donors (Lipinski definition) is 3. The van der Waals surface area contributed by atoms with E-state index in [9.17, 15) is 9.59 Å². The molecule has 0 aliphatic rings. The number of carbonyl (C=O) groups excluding carboxylic acids is 2. The number of nitrogens with one attached hydrogen (secondary N) is 3. The van der Waals surface area contributed by atoms with Crippen LogP contribution < -0.4 is 10.6 Å². The molecule has 21 heavy (non-hydrogen) atoms. The number of nitrogens with zero attached hydrogens (tertiary/aromatic N) is 1. The number of hydrogen-bond acceptors (Lipinski definition) is 3. The maximum atomic E-state index is 12.1. The van der Waals surface area contributed by atoms with Crippen LogP contribution in [0.15, 0.2) is 30.5 Å². The van der Waals surface area contributed by atoms with E-state index in [1.807, 2.05) is 6.92 Å². The first kappa shape index (κ1) is 14.8. The lowest BCUT2D eigenvalue weighted by Crippen LogP contribution is -2.24. The number of aromatic amines is 1. The molecule has 110 valence electrons. The molecule has 0 fully saturated rings. The predicted molar refractivity (Wildman–Crippen MR) is 80.3 cm³/mol. The molecule has 0 unspecified atom stereocenters. The van der Waals surface area contributed by atoms with Crippen molar-refractivity contribution in [1.82, 2.24) is 15.5 Å².